The fourth-order valence-corrected chi connectivity index (χ4v) is 4.93. The molecule has 0 saturated carbocycles. The van der Waals surface area contributed by atoms with Crippen molar-refractivity contribution in [1.82, 2.24) is 5.32 Å². The molecule has 1 N–H and O–H groups in total. The molecule has 2 fully saturated rings. The van der Waals surface area contributed by atoms with Crippen molar-refractivity contribution in [3.8, 4) is 10.4 Å². The van der Waals surface area contributed by atoms with Crippen LogP contribution in [0.4, 0.5) is 0 Å². The minimum atomic E-state index is -0.0739. The molecule has 4 rings (SSSR count). The lowest BCUT2D eigenvalue weighted by Gasteiger charge is -2.36. The molecule has 2 aliphatic heterocycles. The number of esters is 1. The Bertz CT molecular complexity index is 680. The van der Waals surface area contributed by atoms with Crippen LogP contribution in [0.3, 0.4) is 0 Å². The fourth-order valence-electron chi connectivity index (χ4n) is 4.20. The van der Waals surface area contributed by atoms with Gasteiger partial charge in [0.2, 0.25) is 0 Å². The van der Waals surface area contributed by atoms with Gasteiger partial charge in [0, 0.05) is 22.9 Å². The van der Waals surface area contributed by atoms with Gasteiger partial charge in [-0.25, -0.2) is 0 Å². The smallest absolute Gasteiger partial charge is 0.310 e. The van der Waals surface area contributed by atoms with Crippen molar-refractivity contribution >= 4 is 17.3 Å². The Morgan fingerprint density at radius 1 is 1.22 bits per heavy atom. The molecular weight excluding hydrogens is 306 g/mol. The van der Waals surface area contributed by atoms with E-state index in [-0.39, 0.29) is 23.8 Å². The molecule has 2 aliphatic rings. The van der Waals surface area contributed by atoms with Gasteiger partial charge in [-0.2, -0.15) is 0 Å². The highest BCUT2D eigenvalue weighted by Gasteiger charge is 2.46. The van der Waals surface area contributed by atoms with Gasteiger partial charge in [0.05, 0.1) is 13.0 Å². The van der Waals surface area contributed by atoms with Crippen molar-refractivity contribution in [2.45, 2.75) is 37.3 Å². The summed E-state index contributed by atoms with van der Waals surface area (Å²) >= 11 is 1.75. The maximum Gasteiger partial charge on any atom is 0.310 e. The minimum Gasteiger partial charge on any atom is -0.469 e. The first-order valence-electron chi connectivity index (χ1n) is 8.24. The lowest BCUT2D eigenvalue weighted by Crippen LogP contribution is -2.48. The predicted molar refractivity (Wildman–Crippen MR) is 92.6 cm³/mol. The number of thiophene rings is 1. The number of hydrogen-bond acceptors (Lipinski definition) is 4. The summed E-state index contributed by atoms with van der Waals surface area (Å²) in [6, 6.07) is 13.8. The van der Waals surface area contributed by atoms with Gasteiger partial charge in [-0.1, -0.05) is 30.3 Å². The summed E-state index contributed by atoms with van der Waals surface area (Å²) in [6.45, 7) is 0. The summed E-state index contributed by atoms with van der Waals surface area (Å²) in [5.41, 5.74) is 2.51. The van der Waals surface area contributed by atoms with E-state index in [0.717, 1.165) is 12.8 Å². The van der Waals surface area contributed by atoms with Crippen LogP contribution in [0.15, 0.2) is 41.8 Å². The van der Waals surface area contributed by atoms with Crippen LogP contribution < -0.4 is 5.32 Å². The topological polar surface area (TPSA) is 38.3 Å². The highest BCUT2D eigenvalue weighted by molar-refractivity contribution is 7.13. The summed E-state index contributed by atoms with van der Waals surface area (Å²) in [7, 11) is 1.50. The molecule has 4 unspecified atom stereocenters. The summed E-state index contributed by atoms with van der Waals surface area (Å²) in [5, 5.41) is 5.69. The lowest BCUT2D eigenvalue weighted by molar-refractivity contribution is -0.148. The highest BCUT2D eigenvalue weighted by atomic mass is 32.1. The highest BCUT2D eigenvalue weighted by Crippen LogP contribution is 2.42. The van der Waals surface area contributed by atoms with Crippen LogP contribution >= 0.6 is 11.3 Å². The van der Waals surface area contributed by atoms with Crippen LogP contribution in [0.5, 0.6) is 0 Å². The predicted octanol–water partition coefficient (Wildman–Crippen LogP) is 3.81. The molecule has 2 bridgehead atoms. The molecule has 120 valence electrons. The number of nitrogens with one attached hydrogen (secondary N) is 1. The fraction of sp³-hybridized carbons (Fsp3) is 0.421. The van der Waals surface area contributed by atoms with Gasteiger partial charge >= 0.3 is 5.97 Å². The normalized spacial score (nSPS) is 29.4. The maximum atomic E-state index is 12.3. The first-order chi connectivity index (χ1) is 11.3. The van der Waals surface area contributed by atoms with Gasteiger partial charge in [0.1, 0.15) is 0 Å². The Hall–Kier alpha value is -1.65. The van der Waals surface area contributed by atoms with Crippen LogP contribution in [0.25, 0.3) is 10.4 Å². The van der Waals surface area contributed by atoms with E-state index in [0.29, 0.717) is 6.04 Å². The summed E-state index contributed by atoms with van der Waals surface area (Å²) in [6.07, 6.45) is 3.27. The van der Waals surface area contributed by atoms with Crippen molar-refractivity contribution < 1.29 is 9.53 Å². The van der Waals surface area contributed by atoms with Gasteiger partial charge in [0.15, 0.2) is 0 Å². The molecule has 3 heterocycles. The second-order valence-electron chi connectivity index (χ2n) is 6.54. The molecule has 3 nitrogen and oxygen atoms in total. The van der Waals surface area contributed by atoms with E-state index in [9.17, 15) is 4.79 Å². The van der Waals surface area contributed by atoms with Gasteiger partial charge < -0.3 is 10.1 Å². The monoisotopic (exact) mass is 327 g/mol. The average molecular weight is 327 g/mol. The molecule has 23 heavy (non-hydrogen) atoms. The number of ether oxygens (including phenoxy) is 1. The number of rotatable bonds is 3. The Kier molecular flexibility index (Phi) is 3.95. The number of fused-ring (bicyclic) bond motifs is 2. The van der Waals surface area contributed by atoms with E-state index in [4.69, 9.17) is 4.74 Å². The third kappa shape index (κ3) is 2.70. The average Bonchev–Trinajstić information content (AvgIpc) is 3.25. The Labute approximate surface area is 140 Å². The molecule has 2 aromatic rings. The molecule has 2 saturated heterocycles. The van der Waals surface area contributed by atoms with Gasteiger partial charge in [-0.05, 0) is 41.8 Å². The Morgan fingerprint density at radius 2 is 2.04 bits per heavy atom. The van der Waals surface area contributed by atoms with E-state index in [1.165, 1.54) is 29.5 Å². The molecule has 4 heteroatoms. The van der Waals surface area contributed by atoms with E-state index in [1.807, 2.05) is 0 Å². The molecule has 0 amide bonds. The summed E-state index contributed by atoms with van der Waals surface area (Å²) in [5.74, 6) is 0.125. The van der Waals surface area contributed by atoms with Crippen LogP contribution in [0, 0.1) is 5.92 Å². The molecule has 0 radical (unpaired) electrons. The maximum absolute atomic E-state index is 12.3. The van der Waals surface area contributed by atoms with Crippen molar-refractivity contribution in [3.05, 3.63) is 47.3 Å². The number of piperidine rings is 1. The van der Waals surface area contributed by atoms with Crippen LogP contribution in [-0.4, -0.2) is 25.2 Å². The molecule has 4 atom stereocenters. The molecule has 0 spiro atoms. The second-order valence-corrected chi connectivity index (χ2v) is 7.49. The van der Waals surface area contributed by atoms with Crippen molar-refractivity contribution in [2.75, 3.05) is 7.11 Å². The standard InChI is InChI=1S/C19H21NO2S/c1-22-19(21)18-15(11-14-8-9-16(18)20-14)12-4-6-13(7-5-12)17-3-2-10-23-17/h2-7,10,14-16,18,20H,8-9,11H2,1H3. The van der Waals surface area contributed by atoms with Gasteiger partial charge in [-0.3, -0.25) is 4.79 Å². The van der Waals surface area contributed by atoms with Crippen LogP contribution in [0.1, 0.15) is 30.7 Å². The van der Waals surface area contributed by atoms with E-state index < -0.39 is 0 Å². The molecule has 0 aliphatic carbocycles. The first kappa shape index (κ1) is 14.9. The Balaban J connectivity index is 1.63. The molecular formula is C19H21NO2S. The van der Waals surface area contributed by atoms with Crippen molar-refractivity contribution in [2.24, 2.45) is 5.92 Å². The zero-order chi connectivity index (χ0) is 15.8. The lowest BCUT2D eigenvalue weighted by atomic mass is 9.77. The number of methoxy groups -OCH3 is 1. The largest absolute Gasteiger partial charge is 0.469 e. The quantitative estimate of drug-likeness (QED) is 0.871. The first-order valence-corrected chi connectivity index (χ1v) is 9.12. The summed E-state index contributed by atoms with van der Waals surface area (Å²) in [4.78, 5) is 13.6. The van der Waals surface area contributed by atoms with E-state index in [1.54, 1.807) is 11.3 Å². The Morgan fingerprint density at radius 3 is 2.74 bits per heavy atom. The zero-order valence-corrected chi connectivity index (χ0v) is 14.0. The number of hydrogen-bond donors (Lipinski definition) is 1. The molecule has 1 aromatic carbocycles. The third-order valence-corrected chi connectivity index (χ3v) is 6.22. The van der Waals surface area contributed by atoms with Crippen molar-refractivity contribution in [1.29, 1.82) is 0 Å². The number of carbonyl (C=O) groups excluding carboxylic acids is 1. The number of carbonyl (C=O) groups is 1. The third-order valence-electron chi connectivity index (χ3n) is 5.30. The SMILES string of the molecule is COC(=O)C1C2CCC(CC1c1ccc(-c3cccs3)cc1)N2. The van der Waals surface area contributed by atoms with E-state index in [2.05, 4.69) is 47.1 Å². The van der Waals surface area contributed by atoms with Crippen LogP contribution in [-0.2, 0) is 9.53 Å². The number of benzene rings is 1. The second kappa shape index (κ2) is 6.10. The summed E-state index contributed by atoms with van der Waals surface area (Å²) < 4.78 is 5.10. The van der Waals surface area contributed by atoms with Gasteiger partial charge in [0.25, 0.3) is 0 Å². The van der Waals surface area contributed by atoms with Crippen LogP contribution in [0.2, 0.25) is 0 Å². The van der Waals surface area contributed by atoms with E-state index >= 15 is 0 Å². The van der Waals surface area contributed by atoms with Crippen molar-refractivity contribution in [3.63, 3.8) is 0 Å². The zero-order valence-electron chi connectivity index (χ0n) is 13.2. The molecule has 1 aromatic heterocycles. The minimum absolute atomic E-state index is 0.0636. The van der Waals surface area contributed by atoms with Gasteiger partial charge in [-0.15, -0.1) is 11.3 Å².